The van der Waals surface area contributed by atoms with Gasteiger partial charge in [-0.25, -0.2) is 4.98 Å². The number of benzene rings is 1. The average Bonchev–Trinajstić information content (AvgIpc) is 2.82. The van der Waals surface area contributed by atoms with Crippen LogP contribution in [0.2, 0.25) is 0 Å². The summed E-state index contributed by atoms with van der Waals surface area (Å²) < 4.78 is 5.74. The molecule has 0 radical (unpaired) electrons. The molecule has 0 aliphatic heterocycles. The van der Waals surface area contributed by atoms with E-state index in [0.717, 1.165) is 24.1 Å². The summed E-state index contributed by atoms with van der Waals surface area (Å²) in [6, 6.07) is 9.24. The molecule has 0 atom stereocenters. The van der Waals surface area contributed by atoms with Gasteiger partial charge in [0.15, 0.2) is 0 Å². The van der Waals surface area contributed by atoms with E-state index in [1.54, 1.807) is 12.1 Å². The topological polar surface area (TPSA) is 42.4 Å². The van der Waals surface area contributed by atoms with Gasteiger partial charge in [-0.05, 0) is 43.9 Å². The fraction of sp³-hybridized carbons (Fsp3) is 0.267. The maximum absolute atomic E-state index is 9.63. The van der Waals surface area contributed by atoms with Crippen molar-refractivity contribution in [2.24, 2.45) is 0 Å². The number of aromatic nitrogens is 1. The molecular formula is C15H15NO2. The van der Waals surface area contributed by atoms with Gasteiger partial charge in [-0.15, -0.1) is 0 Å². The molecule has 1 N–H and O–H groups in total. The number of ether oxygens (including phenoxy) is 1. The molecule has 1 aliphatic carbocycles. The molecule has 0 spiro atoms. The highest BCUT2D eigenvalue weighted by Crippen LogP contribution is 2.30. The zero-order valence-corrected chi connectivity index (χ0v) is 10.3. The van der Waals surface area contributed by atoms with Gasteiger partial charge in [0, 0.05) is 17.3 Å². The van der Waals surface area contributed by atoms with Gasteiger partial charge in [0.2, 0.25) is 5.88 Å². The monoisotopic (exact) mass is 241 g/mol. The molecule has 3 nitrogen and oxygen atoms in total. The number of hydrogen-bond acceptors (Lipinski definition) is 3. The number of rotatable bonds is 2. The Morgan fingerprint density at radius 2 is 2.06 bits per heavy atom. The van der Waals surface area contributed by atoms with Crippen LogP contribution in [0.25, 0.3) is 0 Å². The quantitative estimate of drug-likeness (QED) is 0.876. The lowest BCUT2D eigenvalue weighted by Crippen LogP contribution is -1.94. The number of phenols is 1. The molecule has 1 heterocycles. The van der Waals surface area contributed by atoms with Crippen LogP contribution in [-0.4, -0.2) is 10.1 Å². The summed E-state index contributed by atoms with van der Waals surface area (Å²) in [5.74, 6) is 1.50. The molecule has 18 heavy (non-hydrogen) atoms. The van der Waals surface area contributed by atoms with Crippen molar-refractivity contribution in [3.63, 3.8) is 0 Å². The molecule has 1 aromatic heterocycles. The molecule has 92 valence electrons. The number of aromatic hydroxyl groups is 1. The minimum absolute atomic E-state index is 0.244. The van der Waals surface area contributed by atoms with Crippen LogP contribution in [0, 0.1) is 6.92 Å². The highest BCUT2D eigenvalue weighted by molar-refractivity contribution is 5.44. The van der Waals surface area contributed by atoms with Gasteiger partial charge >= 0.3 is 0 Å². The molecule has 0 fully saturated rings. The van der Waals surface area contributed by atoms with E-state index < -0.39 is 0 Å². The lowest BCUT2D eigenvalue weighted by atomic mass is 10.2. The van der Waals surface area contributed by atoms with Gasteiger partial charge in [0.25, 0.3) is 0 Å². The van der Waals surface area contributed by atoms with E-state index in [0.29, 0.717) is 11.6 Å². The zero-order valence-electron chi connectivity index (χ0n) is 10.3. The standard InChI is InChI=1S/C15H15NO2/c1-10-13(17)6-3-7-14(10)18-15-9-8-11-4-2-5-12(11)16-15/h3,6-9,17H,2,4-5H2,1H3. The van der Waals surface area contributed by atoms with Gasteiger partial charge < -0.3 is 9.84 Å². The summed E-state index contributed by atoms with van der Waals surface area (Å²) in [5, 5.41) is 9.63. The summed E-state index contributed by atoms with van der Waals surface area (Å²) in [5.41, 5.74) is 3.21. The van der Waals surface area contributed by atoms with Crippen LogP contribution in [-0.2, 0) is 12.8 Å². The maximum atomic E-state index is 9.63. The fourth-order valence-electron chi connectivity index (χ4n) is 2.28. The van der Waals surface area contributed by atoms with E-state index in [1.165, 1.54) is 12.0 Å². The van der Waals surface area contributed by atoms with Crippen LogP contribution in [0.1, 0.15) is 23.2 Å². The fourth-order valence-corrected chi connectivity index (χ4v) is 2.28. The Morgan fingerprint density at radius 3 is 2.94 bits per heavy atom. The van der Waals surface area contributed by atoms with E-state index in [4.69, 9.17) is 4.74 Å². The van der Waals surface area contributed by atoms with Gasteiger partial charge in [-0.3, -0.25) is 0 Å². The van der Waals surface area contributed by atoms with Crippen LogP contribution < -0.4 is 4.74 Å². The van der Waals surface area contributed by atoms with E-state index in [1.807, 2.05) is 19.1 Å². The summed E-state index contributed by atoms with van der Waals surface area (Å²) in [4.78, 5) is 4.52. The minimum atomic E-state index is 0.244. The lowest BCUT2D eigenvalue weighted by Gasteiger charge is -2.09. The van der Waals surface area contributed by atoms with Gasteiger partial charge in [0.05, 0.1) is 0 Å². The summed E-state index contributed by atoms with van der Waals surface area (Å²) in [6.45, 7) is 1.83. The number of fused-ring (bicyclic) bond motifs is 1. The average molecular weight is 241 g/mol. The van der Waals surface area contributed by atoms with Crippen molar-refractivity contribution in [3.05, 3.63) is 47.2 Å². The molecule has 0 unspecified atom stereocenters. The van der Waals surface area contributed by atoms with Crippen LogP contribution in [0.4, 0.5) is 0 Å². The SMILES string of the molecule is Cc1c(O)cccc1Oc1ccc2c(n1)CCC2. The molecule has 3 heteroatoms. The molecule has 1 aliphatic rings. The Hall–Kier alpha value is -2.03. The predicted octanol–water partition coefficient (Wildman–Crippen LogP) is 3.38. The third-order valence-corrected chi connectivity index (χ3v) is 3.37. The minimum Gasteiger partial charge on any atom is -0.508 e. The molecule has 2 aromatic rings. The smallest absolute Gasteiger partial charge is 0.219 e. The summed E-state index contributed by atoms with van der Waals surface area (Å²) in [7, 11) is 0. The van der Waals surface area contributed by atoms with E-state index in [-0.39, 0.29) is 5.75 Å². The number of phenolic OH excluding ortho intramolecular Hbond substituents is 1. The normalized spacial score (nSPS) is 13.4. The molecule has 0 saturated heterocycles. The Morgan fingerprint density at radius 1 is 1.17 bits per heavy atom. The van der Waals surface area contributed by atoms with E-state index in [2.05, 4.69) is 11.1 Å². The van der Waals surface area contributed by atoms with E-state index in [9.17, 15) is 5.11 Å². The van der Waals surface area contributed by atoms with Gasteiger partial charge in [-0.1, -0.05) is 12.1 Å². The maximum Gasteiger partial charge on any atom is 0.219 e. The first-order chi connectivity index (χ1) is 8.74. The summed E-state index contributed by atoms with van der Waals surface area (Å²) >= 11 is 0. The number of aryl methyl sites for hydroxylation is 2. The number of hydrogen-bond donors (Lipinski definition) is 1. The Labute approximate surface area is 106 Å². The molecule has 3 rings (SSSR count). The zero-order chi connectivity index (χ0) is 12.5. The lowest BCUT2D eigenvalue weighted by molar-refractivity contribution is 0.438. The van der Waals surface area contributed by atoms with Gasteiger partial charge in [0.1, 0.15) is 11.5 Å². The van der Waals surface area contributed by atoms with Crippen molar-refractivity contribution < 1.29 is 9.84 Å². The van der Waals surface area contributed by atoms with E-state index >= 15 is 0 Å². The second-order valence-electron chi connectivity index (χ2n) is 4.61. The third kappa shape index (κ3) is 1.92. The second kappa shape index (κ2) is 4.33. The molecular weight excluding hydrogens is 226 g/mol. The Kier molecular flexibility index (Phi) is 2.67. The first-order valence-corrected chi connectivity index (χ1v) is 6.19. The van der Waals surface area contributed by atoms with Crippen molar-refractivity contribution in [1.82, 2.24) is 4.98 Å². The Bertz CT molecular complexity index is 593. The number of pyridine rings is 1. The van der Waals surface area contributed by atoms with Crippen LogP contribution in [0.15, 0.2) is 30.3 Å². The molecule has 0 amide bonds. The predicted molar refractivity (Wildman–Crippen MR) is 69.2 cm³/mol. The Balaban J connectivity index is 1.90. The first kappa shape index (κ1) is 11.1. The van der Waals surface area contributed by atoms with Crippen molar-refractivity contribution in [2.45, 2.75) is 26.2 Å². The van der Waals surface area contributed by atoms with Crippen molar-refractivity contribution in [1.29, 1.82) is 0 Å². The second-order valence-corrected chi connectivity index (χ2v) is 4.61. The molecule has 1 aromatic carbocycles. The van der Waals surface area contributed by atoms with Gasteiger partial charge in [-0.2, -0.15) is 0 Å². The highest BCUT2D eigenvalue weighted by Gasteiger charge is 2.13. The molecule has 0 saturated carbocycles. The third-order valence-electron chi connectivity index (χ3n) is 3.37. The summed E-state index contributed by atoms with van der Waals surface area (Å²) in [6.07, 6.45) is 3.33. The van der Waals surface area contributed by atoms with Crippen molar-refractivity contribution >= 4 is 0 Å². The van der Waals surface area contributed by atoms with Crippen LogP contribution in [0.3, 0.4) is 0 Å². The van der Waals surface area contributed by atoms with Crippen molar-refractivity contribution in [3.8, 4) is 17.4 Å². The van der Waals surface area contributed by atoms with Crippen molar-refractivity contribution in [2.75, 3.05) is 0 Å². The number of nitrogens with zero attached hydrogens (tertiary/aromatic N) is 1. The first-order valence-electron chi connectivity index (χ1n) is 6.19. The largest absolute Gasteiger partial charge is 0.508 e. The van der Waals surface area contributed by atoms with Crippen LogP contribution in [0.5, 0.6) is 17.4 Å². The van der Waals surface area contributed by atoms with Crippen LogP contribution >= 0.6 is 0 Å². The highest BCUT2D eigenvalue weighted by atomic mass is 16.5. The molecule has 0 bridgehead atoms.